The summed E-state index contributed by atoms with van der Waals surface area (Å²) in [5.74, 6) is 0.693. The molecular weight excluding hydrogens is 308 g/mol. The second-order valence-corrected chi connectivity index (χ2v) is 8.94. The van der Waals surface area contributed by atoms with E-state index in [9.17, 15) is 0 Å². The van der Waals surface area contributed by atoms with Crippen molar-refractivity contribution in [3.8, 4) is 0 Å². The lowest BCUT2D eigenvalue weighted by Crippen LogP contribution is -2.18. The number of hydrogen-bond donors (Lipinski definition) is 0. The van der Waals surface area contributed by atoms with Gasteiger partial charge in [0.15, 0.2) is 0 Å². The molecular formula is C19H31Br. The molecule has 2 atom stereocenters. The Morgan fingerprint density at radius 1 is 1.00 bits per heavy atom. The van der Waals surface area contributed by atoms with Crippen LogP contribution in [0.2, 0.25) is 0 Å². The summed E-state index contributed by atoms with van der Waals surface area (Å²) < 4.78 is 0. The number of alkyl halides is 1. The highest BCUT2D eigenvalue weighted by Crippen LogP contribution is 2.38. The summed E-state index contributed by atoms with van der Waals surface area (Å²) in [5.41, 5.74) is 3.49. The summed E-state index contributed by atoms with van der Waals surface area (Å²) in [4.78, 5) is 0.454. The van der Waals surface area contributed by atoms with Crippen LogP contribution < -0.4 is 0 Å². The fraction of sp³-hybridized carbons (Fsp3) is 0.684. The standard InChI is InChI=1S/C19H31Br/c1-8-19(6,7)16-11-9-15(10-12-16)17(20)13-14(2)18(3,4)5/h9-12,14,17H,8,13H2,1-7H3. The van der Waals surface area contributed by atoms with Gasteiger partial charge in [0.25, 0.3) is 0 Å². The molecule has 1 heteroatoms. The van der Waals surface area contributed by atoms with Crippen molar-refractivity contribution in [3.05, 3.63) is 35.4 Å². The van der Waals surface area contributed by atoms with Gasteiger partial charge in [-0.1, -0.05) is 88.7 Å². The maximum atomic E-state index is 3.87. The molecule has 0 aliphatic rings. The van der Waals surface area contributed by atoms with E-state index >= 15 is 0 Å². The molecule has 0 aromatic heterocycles. The van der Waals surface area contributed by atoms with E-state index in [0.717, 1.165) is 0 Å². The first-order valence-electron chi connectivity index (χ1n) is 7.82. The molecule has 0 fully saturated rings. The quantitative estimate of drug-likeness (QED) is 0.513. The topological polar surface area (TPSA) is 0 Å². The average molecular weight is 339 g/mol. The molecule has 0 amide bonds. The second-order valence-electron chi connectivity index (χ2n) is 7.83. The fourth-order valence-electron chi connectivity index (χ4n) is 2.15. The first-order valence-corrected chi connectivity index (χ1v) is 8.74. The second kappa shape index (κ2) is 6.64. The Kier molecular flexibility index (Phi) is 5.89. The largest absolute Gasteiger partial charge is 0.0839 e. The van der Waals surface area contributed by atoms with Gasteiger partial charge in [0.2, 0.25) is 0 Å². The molecule has 0 nitrogen and oxygen atoms in total. The van der Waals surface area contributed by atoms with Gasteiger partial charge in [-0.15, -0.1) is 0 Å². The first-order chi connectivity index (χ1) is 9.08. The van der Waals surface area contributed by atoms with Gasteiger partial charge < -0.3 is 0 Å². The van der Waals surface area contributed by atoms with Crippen molar-refractivity contribution in [2.45, 2.75) is 71.5 Å². The lowest BCUT2D eigenvalue weighted by Gasteiger charge is -2.29. The van der Waals surface area contributed by atoms with Gasteiger partial charge in [-0.25, -0.2) is 0 Å². The van der Waals surface area contributed by atoms with Gasteiger partial charge >= 0.3 is 0 Å². The normalized spacial score (nSPS) is 16.0. The zero-order valence-corrected chi connectivity index (χ0v) is 15.8. The van der Waals surface area contributed by atoms with Crippen LogP contribution in [0.15, 0.2) is 24.3 Å². The van der Waals surface area contributed by atoms with Gasteiger partial charge in [0, 0.05) is 4.83 Å². The maximum absolute atomic E-state index is 3.87. The SMILES string of the molecule is CCC(C)(C)c1ccc(C(Br)CC(C)C(C)(C)C)cc1. The third-order valence-electron chi connectivity index (χ3n) is 4.98. The molecule has 0 bridgehead atoms. The minimum atomic E-state index is 0.277. The number of rotatable bonds is 5. The van der Waals surface area contributed by atoms with Gasteiger partial charge in [-0.3, -0.25) is 0 Å². The van der Waals surface area contributed by atoms with Crippen LogP contribution in [0, 0.1) is 11.3 Å². The molecule has 0 saturated carbocycles. The predicted molar refractivity (Wildman–Crippen MR) is 94.7 cm³/mol. The van der Waals surface area contributed by atoms with E-state index in [1.54, 1.807) is 0 Å². The third-order valence-corrected chi connectivity index (χ3v) is 5.88. The van der Waals surface area contributed by atoms with Crippen molar-refractivity contribution in [2.24, 2.45) is 11.3 Å². The Balaban J connectivity index is 2.79. The van der Waals surface area contributed by atoms with Crippen molar-refractivity contribution in [3.63, 3.8) is 0 Å². The Labute approximate surface area is 134 Å². The molecule has 2 unspecified atom stereocenters. The van der Waals surface area contributed by atoms with E-state index in [1.807, 2.05) is 0 Å². The predicted octanol–water partition coefficient (Wildman–Crippen LogP) is 6.88. The Hall–Kier alpha value is -0.300. The smallest absolute Gasteiger partial charge is 0.0398 e. The summed E-state index contributed by atoms with van der Waals surface area (Å²) >= 11 is 3.87. The summed E-state index contributed by atoms with van der Waals surface area (Å²) in [7, 11) is 0. The first kappa shape index (κ1) is 17.8. The molecule has 0 heterocycles. The van der Waals surface area contributed by atoms with E-state index in [1.165, 1.54) is 24.0 Å². The van der Waals surface area contributed by atoms with Gasteiger partial charge in [-0.2, -0.15) is 0 Å². The molecule has 0 radical (unpaired) electrons. The van der Waals surface area contributed by atoms with Crippen LogP contribution >= 0.6 is 15.9 Å². The summed E-state index contributed by atoms with van der Waals surface area (Å²) in [6, 6.07) is 9.19. The van der Waals surface area contributed by atoms with Gasteiger partial charge in [0.05, 0.1) is 0 Å². The van der Waals surface area contributed by atoms with Crippen molar-refractivity contribution in [2.75, 3.05) is 0 Å². The molecule has 20 heavy (non-hydrogen) atoms. The Morgan fingerprint density at radius 2 is 1.50 bits per heavy atom. The molecule has 1 aromatic carbocycles. The Bertz CT molecular complexity index is 408. The van der Waals surface area contributed by atoms with Crippen molar-refractivity contribution in [1.29, 1.82) is 0 Å². The number of halogens is 1. The molecule has 0 N–H and O–H groups in total. The van der Waals surface area contributed by atoms with E-state index in [4.69, 9.17) is 0 Å². The Morgan fingerprint density at radius 3 is 1.90 bits per heavy atom. The maximum Gasteiger partial charge on any atom is 0.0398 e. The summed E-state index contributed by atoms with van der Waals surface area (Å²) in [6.45, 7) is 16.2. The van der Waals surface area contributed by atoms with Gasteiger partial charge in [0.1, 0.15) is 0 Å². The van der Waals surface area contributed by atoms with Crippen LogP contribution in [0.1, 0.15) is 77.3 Å². The monoisotopic (exact) mass is 338 g/mol. The van der Waals surface area contributed by atoms with Crippen molar-refractivity contribution < 1.29 is 0 Å². The number of benzene rings is 1. The molecule has 0 aliphatic carbocycles. The van der Waals surface area contributed by atoms with Gasteiger partial charge in [-0.05, 0) is 40.7 Å². The van der Waals surface area contributed by atoms with Crippen LogP contribution in [0.4, 0.5) is 0 Å². The summed E-state index contributed by atoms with van der Waals surface area (Å²) in [6.07, 6.45) is 2.35. The highest BCUT2D eigenvalue weighted by atomic mass is 79.9. The van der Waals surface area contributed by atoms with Crippen LogP contribution in [0.25, 0.3) is 0 Å². The van der Waals surface area contributed by atoms with Crippen molar-refractivity contribution >= 4 is 15.9 Å². The summed E-state index contributed by atoms with van der Waals surface area (Å²) in [5, 5.41) is 0. The zero-order valence-electron chi connectivity index (χ0n) is 14.3. The highest BCUT2D eigenvalue weighted by molar-refractivity contribution is 9.09. The van der Waals surface area contributed by atoms with Crippen molar-refractivity contribution in [1.82, 2.24) is 0 Å². The molecule has 0 spiro atoms. The molecule has 1 rings (SSSR count). The van der Waals surface area contributed by atoms with Crippen LogP contribution in [0.5, 0.6) is 0 Å². The molecule has 114 valence electrons. The van der Waals surface area contributed by atoms with E-state index in [-0.39, 0.29) is 5.41 Å². The average Bonchev–Trinajstić information content (AvgIpc) is 2.37. The lowest BCUT2D eigenvalue weighted by molar-refractivity contribution is 0.246. The minimum absolute atomic E-state index is 0.277. The fourth-order valence-corrected chi connectivity index (χ4v) is 3.01. The third kappa shape index (κ3) is 4.62. The van der Waals surface area contributed by atoms with Crippen LogP contribution in [-0.4, -0.2) is 0 Å². The molecule has 0 saturated heterocycles. The minimum Gasteiger partial charge on any atom is -0.0839 e. The molecule has 1 aromatic rings. The molecule has 0 aliphatic heterocycles. The van der Waals surface area contributed by atoms with Crippen LogP contribution in [-0.2, 0) is 5.41 Å². The van der Waals surface area contributed by atoms with E-state index < -0.39 is 0 Å². The highest BCUT2D eigenvalue weighted by Gasteiger charge is 2.24. The van der Waals surface area contributed by atoms with Crippen LogP contribution in [0.3, 0.4) is 0 Å². The van der Waals surface area contributed by atoms with E-state index in [2.05, 4.69) is 88.7 Å². The zero-order chi connectivity index (χ0) is 15.6. The lowest BCUT2D eigenvalue weighted by atomic mass is 9.78. The number of hydrogen-bond acceptors (Lipinski definition) is 0. The van der Waals surface area contributed by atoms with E-state index in [0.29, 0.717) is 16.2 Å².